The van der Waals surface area contributed by atoms with E-state index in [9.17, 15) is 4.79 Å². The van der Waals surface area contributed by atoms with Crippen LogP contribution >= 0.6 is 27.3 Å². The van der Waals surface area contributed by atoms with Crippen LogP contribution in [-0.2, 0) is 4.74 Å². The van der Waals surface area contributed by atoms with Gasteiger partial charge >= 0.3 is 0 Å². The third-order valence-electron chi connectivity index (χ3n) is 4.92. The summed E-state index contributed by atoms with van der Waals surface area (Å²) < 4.78 is 6.86. The van der Waals surface area contributed by atoms with E-state index in [4.69, 9.17) is 4.74 Å². The molecule has 5 nitrogen and oxygen atoms in total. The second-order valence-corrected chi connectivity index (χ2v) is 8.69. The average Bonchev–Trinajstić information content (AvgIpc) is 3.09. The molecule has 0 aromatic carbocycles. The molecule has 0 bridgehead atoms. The lowest BCUT2D eigenvalue weighted by Crippen LogP contribution is -2.44. The minimum atomic E-state index is 0.131. The van der Waals surface area contributed by atoms with Crippen molar-refractivity contribution in [2.75, 3.05) is 59.5 Å². The minimum absolute atomic E-state index is 0.131. The first-order valence-corrected chi connectivity index (χ1v) is 10.8. The van der Waals surface area contributed by atoms with E-state index < -0.39 is 0 Å². The number of halogens is 1. The molecule has 0 N–H and O–H groups in total. The number of ether oxygens (including phenoxy) is 1. The number of hydrogen-bond donors (Lipinski definition) is 0. The molecule has 1 aromatic heterocycles. The summed E-state index contributed by atoms with van der Waals surface area (Å²) in [6.07, 6.45) is 1.99. The molecule has 142 valence electrons. The standard InChI is InChI=1S/C19H26BrN3O2S/c1-21-9-11-22(12-10-21)6-2-3-13-25-17-4-7-23(8-5-17)19(24)18-14-16(20)15-26-18/h14-15,17H,4-13H2,1H3. The van der Waals surface area contributed by atoms with Crippen molar-refractivity contribution < 1.29 is 9.53 Å². The van der Waals surface area contributed by atoms with Gasteiger partial charge in [-0.3, -0.25) is 9.69 Å². The summed E-state index contributed by atoms with van der Waals surface area (Å²) >= 11 is 4.89. The number of amides is 1. The van der Waals surface area contributed by atoms with Crippen molar-refractivity contribution in [3.8, 4) is 11.8 Å². The second kappa shape index (κ2) is 9.86. The summed E-state index contributed by atoms with van der Waals surface area (Å²) in [6, 6.07) is 1.89. The molecule has 7 heteroatoms. The van der Waals surface area contributed by atoms with Crippen molar-refractivity contribution in [1.82, 2.24) is 14.7 Å². The highest BCUT2D eigenvalue weighted by molar-refractivity contribution is 9.10. The van der Waals surface area contributed by atoms with Crippen molar-refractivity contribution in [2.24, 2.45) is 0 Å². The van der Waals surface area contributed by atoms with E-state index >= 15 is 0 Å². The monoisotopic (exact) mass is 439 g/mol. The van der Waals surface area contributed by atoms with Crippen LogP contribution in [0.2, 0.25) is 0 Å². The summed E-state index contributed by atoms with van der Waals surface area (Å²) in [6.45, 7) is 7.28. The van der Waals surface area contributed by atoms with Gasteiger partial charge in [-0.05, 0) is 41.9 Å². The van der Waals surface area contributed by atoms with Gasteiger partial charge in [-0.15, -0.1) is 11.3 Å². The molecule has 0 unspecified atom stereocenters. The van der Waals surface area contributed by atoms with Gasteiger partial charge < -0.3 is 14.5 Å². The van der Waals surface area contributed by atoms with Gasteiger partial charge in [0, 0.05) is 49.1 Å². The zero-order valence-electron chi connectivity index (χ0n) is 15.2. The molecule has 2 aliphatic heterocycles. The lowest BCUT2D eigenvalue weighted by Gasteiger charge is -2.31. The molecule has 0 atom stereocenters. The Kier molecular flexibility index (Phi) is 7.52. The van der Waals surface area contributed by atoms with Crippen LogP contribution in [0.1, 0.15) is 22.5 Å². The third-order valence-corrected chi connectivity index (χ3v) is 6.60. The summed E-state index contributed by atoms with van der Waals surface area (Å²) in [5.41, 5.74) is 0. The maximum atomic E-state index is 12.4. The number of carbonyl (C=O) groups excluding carboxylic acids is 1. The highest BCUT2D eigenvalue weighted by Gasteiger charge is 2.24. The molecule has 2 fully saturated rings. The number of carbonyl (C=O) groups is 1. The van der Waals surface area contributed by atoms with Crippen molar-refractivity contribution >= 4 is 33.2 Å². The fourth-order valence-corrected chi connectivity index (χ4v) is 4.58. The fraction of sp³-hybridized carbons (Fsp3) is 0.632. The Morgan fingerprint density at radius 2 is 1.96 bits per heavy atom. The molecule has 3 heterocycles. The predicted octanol–water partition coefficient (Wildman–Crippen LogP) is 2.38. The normalized spacial score (nSPS) is 20.0. The zero-order valence-corrected chi connectivity index (χ0v) is 17.6. The van der Waals surface area contributed by atoms with E-state index in [0.29, 0.717) is 6.61 Å². The number of rotatable bonds is 4. The maximum Gasteiger partial charge on any atom is 0.263 e. The number of hydrogen-bond acceptors (Lipinski definition) is 5. The van der Waals surface area contributed by atoms with Gasteiger partial charge in [-0.25, -0.2) is 0 Å². The molecule has 0 saturated carbocycles. The number of likely N-dealkylation sites (N-methyl/N-ethyl adjacent to an activating group) is 1. The van der Waals surface area contributed by atoms with E-state index in [1.165, 1.54) is 11.3 Å². The lowest BCUT2D eigenvalue weighted by atomic mass is 10.1. The predicted molar refractivity (Wildman–Crippen MR) is 109 cm³/mol. The summed E-state index contributed by atoms with van der Waals surface area (Å²) in [5, 5.41) is 1.95. The fourth-order valence-electron chi connectivity index (χ4n) is 3.19. The Bertz CT molecular complexity index is 653. The van der Waals surface area contributed by atoms with Crippen LogP contribution in [0.4, 0.5) is 0 Å². The average molecular weight is 440 g/mol. The number of likely N-dealkylation sites (tertiary alicyclic amines) is 1. The van der Waals surface area contributed by atoms with E-state index in [-0.39, 0.29) is 12.0 Å². The smallest absolute Gasteiger partial charge is 0.263 e. The Balaban J connectivity index is 1.32. The highest BCUT2D eigenvalue weighted by atomic mass is 79.9. The molecule has 2 saturated heterocycles. The van der Waals surface area contributed by atoms with Crippen molar-refractivity contribution in [2.45, 2.75) is 18.9 Å². The summed E-state index contributed by atoms with van der Waals surface area (Å²) in [5.74, 6) is 6.50. The van der Waals surface area contributed by atoms with Crippen molar-refractivity contribution in [3.05, 3.63) is 20.8 Å². The third kappa shape index (κ3) is 5.80. The minimum Gasteiger partial charge on any atom is -0.365 e. The van der Waals surface area contributed by atoms with Gasteiger partial charge in [0.15, 0.2) is 0 Å². The van der Waals surface area contributed by atoms with Crippen LogP contribution in [0.25, 0.3) is 0 Å². The number of thiophene rings is 1. The maximum absolute atomic E-state index is 12.4. The SMILES string of the molecule is CN1CCN(CC#CCOC2CCN(C(=O)c3cc(Br)cs3)CC2)CC1. The number of piperazine rings is 1. The first kappa shape index (κ1) is 19.8. The molecule has 0 aliphatic carbocycles. The van der Waals surface area contributed by atoms with E-state index in [0.717, 1.165) is 68.0 Å². The molecular formula is C19H26BrN3O2S. The van der Waals surface area contributed by atoms with Crippen molar-refractivity contribution in [3.63, 3.8) is 0 Å². The molecule has 2 aliphatic rings. The first-order chi connectivity index (χ1) is 12.6. The molecule has 0 spiro atoms. The van der Waals surface area contributed by atoms with Crippen molar-refractivity contribution in [1.29, 1.82) is 0 Å². The number of piperidine rings is 1. The molecule has 1 amide bonds. The van der Waals surface area contributed by atoms with Gasteiger partial charge in [0.2, 0.25) is 0 Å². The Morgan fingerprint density at radius 1 is 1.23 bits per heavy atom. The largest absolute Gasteiger partial charge is 0.365 e. The first-order valence-electron chi connectivity index (χ1n) is 9.13. The number of nitrogens with zero attached hydrogens (tertiary/aromatic N) is 3. The van der Waals surface area contributed by atoms with Crippen LogP contribution in [-0.4, -0.2) is 86.2 Å². The lowest BCUT2D eigenvalue weighted by molar-refractivity contribution is 0.0232. The summed E-state index contributed by atoms with van der Waals surface area (Å²) in [4.78, 5) is 19.9. The van der Waals surface area contributed by atoms with E-state index in [1.54, 1.807) is 0 Å². The quantitative estimate of drug-likeness (QED) is 0.674. The van der Waals surface area contributed by atoms with Crippen LogP contribution in [0.5, 0.6) is 0 Å². The molecular weight excluding hydrogens is 414 g/mol. The van der Waals surface area contributed by atoms with E-state index in [2.05, 4.69) is 44.6 Å². The second-order valence-electron chi connectivity index (χ2n) is 6.86. The van der Waals surface area contributed by atoms with Gasteiger partial charge in [-0.1, -0.05) is 11.8 Å². The molecule has 3 rings (SSSR count). The van der Waals surface area contributed by atoms with Crippen LogP contribution in [0.15, 0.2) is 15.9 Å². The topological polar surface area (TPSA) is 36.0 Å². The van der Waals surface area contributed by atoms with Crippen LogP contribution < -0.4 is 0 Å². The van der Waals surface area contributed by atoms with Gasteiger partial charge in [-0.2, -0.15) is 0 Å². The van der Waals surface area contributed by atoms with Gasteiger partial charge in [0.25, 0.3) is 5.91 Å². The molecule has 26 heavy (non-hydrogen) atoms. The van der Waals surface area contributed by atoms with Crippen LogP contribution in [0.3, 0.4) is 0 Å². The Labute approximate surface area is 168 Å². The van der Waals surface area contributed by atoms with Gasteiger partial charge in [0.05, 0.1) is 17.5 Å². The highest BCUT2D eigenvalue weighted by Crippen LogP contribution is 2.23. The Morgan fingerprint density at radius 3 is 2.62 bits per heavy atom. The van der Waals surface area contributed by atoms with E-state index in [1.807, 2.05) is 16.3 Å². The Hall–Kier alpha value is -0.910. The van der Waals surface area contributed by atoms with Gasteiger partial charge in [0.1, 0.15) is 6.61 Å². The zero-order chi connectivity index (χ0) is 18.4. The van der Waals surface area contributed by atoms with Crippen LogP contribution in [0, 0.1) is 11.8 Å². The molecule has 1 aromatic rings. The molecule has 0 radical (unpaired) electrons. The summed E-state index contributed by atoms with van der Waals surface area (Å²) in [7, 11) is 2.16.